The van der Waals surface area contributed by atoms with Crippen molar-refractivity contribution < 1.29 is 18.7 Å². The molecule has 3 N–H and O–H groups in total. The SMILES string of the molecule is CCCCCCCCC(=O)c1c(OC)oc(C=NNC(N)=O)cc1=O. The highest BCUT2D eigenvalue weighted by atomic mass is 16.6. The number of unbranched alkanes of at least 4 members (excludes halogenated alkanes) is 5. The molecule has 0 radical (unpaired) electrons. The molecule has 1 aromatic heterocycles. The average Bonchev–Trinajstić information content (AvgIpc) is 2.56. The number of hydrogen-bond donors (Lipinski definition) is 2. The molecule has 2 amide bonds. The number of hydrazone groups is 1. The maximum absolute atomic E-state index is 12.3. The van der Waals surface area contributed by atoms with E-state index in [9.17, 15) is 14.4 Å². The van der Waals surface area contributed by atoms with Gasteiger partial charge in [-0.05, 0) is 6.42 Å². The predicted molar refractivity (Wildman–Crippen MR) is 94.2 cm³/mol. The maximum atomic E-state index is 12.3. The van der Waals surface area contributed by atoms with E-state index in [2.05, 4.69) is 12.0 Å². The van der Waals surface area contributed by atoms with Crippen LogP contribution in [0, 0.1) is 0 Å². The quantitative estimate of drug-likeness (QED) is 0.274. The number of nitrogens with one attached hydrogen (secondary N) is 1. The van der Waals surface area contributed by atoms with E-state index in [1.807, 2.05) is 5.43 Å². The van der Waals surface area contributed by atoms with Crippen LogP contribution < -0.4 is 21.3 Å². The maximum Gasteiger partial charge on any atom is 0.332 e. The Morgan fingerprint density at radius 3 is 2.60 bits per heavy atom. The number of amides is 2. The second kappa shape index (κ2) is 11.0. The summed E-state index contributed by atoms with van der Waals surface area (Å²) >= 11 is 0. The van der Waals surface area contributed by atoms with Crippen molar-refractivity contribution in [3.63, 3.8) is 0 Å². The second-order valence-electron chi connectivity index (χ2n) is 5.55. The summed E-state index contributed by atoms with van der Waals surface area (Å²) in [6, 6.07) is 0.264. The lowest BCUT2D eigenvalue weighted by atomic mass is 10.0. The summed E-state index contributed by atoms with van der Waals surface area (Å²) in [4.78, 5) is 35.0. The van der Waals surface area contributed by atoms with Crippen LogP contribution in [0.1, 0.15) is 68.0 Å². The van der Waals surface area contributed by atoms with Gasteiger partial charge in [0.25, 0.3) is 5.95 Å². The van der Waals surface area contributed by atoms with Gasteiger partial charge in [0, 0.05) is 12.5 Å². The first kappa shape index (κ1) is 20.4. The van der Waals surface area contributed by atoms with Gasteiger partial charge in [-0.15, -0.1) is 0 Å². The molecule has 0 atom stereocenters. The molecular weight excluding hydrogens is 326 g/mol. The fourth-order valence-electron chi connectivity index (χ4n) is 2.30. The van der Waals surface area contributed by atoms with Crippen molar-refractivity contribution in [3.05, 3.63) is 27.6 Å². The van der Waals surface area contributed by atoms with Gasteiger partial charge in [0.05, 0.1) is 13.3 Å². The monoisotopic (exact) mass is 351 g/mol. The molecule has 8 nitrogen and oxygen atoms in total. The summed E-state index contributed by atoms with van der Waals surface area (Å²) in [6.45, 7) is 2.15. The van der Waals surface area contributed by atoms with E-state index >= 15 is 0 Å². The largest absolute Gasteiger partial charge is 0.468 e. The van der Waals surface area contributed by atoms with Crippen molar-refractivity contribution in [2.24, 2.45) is 10.8 Å². The number of ketones is 1. The summed E-state index contributed by atoms with van der Waals surface area (Å²) < 4.78 is 10.3. The third kappa shape index (κ3) is 7.19. The molecule has 1 heterocycles. The lowest BCUT2D eigenvalue weighted by molar-refractivity contribution is 0.0969. The van der Waals surface area contributed by atoms with Gasteiger partial charge in [-0.3, -0.25) is 9.59 Å². The van der Waals surface area contributed by atoms with E-state index in [0.717, 1.165) is 38.0 Å². The molecule has 0 saturated carbocycles. The Balaban J connectivity index is 2.75. The zero-order valence-corrected chi connectivity index (χ0v) is 14.7. The van der Waals surface area contributed by atoms with Gasteiger partial charge in [-0.1, -0.05) is 39.0 Å². The van der Waals surface area contributed by atoms with E-state index in [-0.39, 0.29) is 29.5 Å². The first-order chi connectivity index (χ1) is 12.0. The molecular formula is C17H25N3O5. The molecule has 25 heavy (non-hydrogen) atoms. The van der Waals surface area contributed by atoms with Crippen LogP contribution >= 0.6 is 0 Å². The van der Waals surface area contributed by atoms with Crippen LogP contribution in [0.4, 0.5) is 4.79 Å². The van der Waals surface area contributed by atoms with Crippen LogP contribution in [0.15, 0.2) is 20.4 Å². The zero-order valence-electron chi connectivity index (χ0n) is 14.7. The predicted octanol–water partition coefficient (Wildman–Crippen LogP) is 2.58. The number of nitrogens with two attached hydrogens (primary N) is 1. The minimum absolute atomic E-state index is 0.0340. The number of hydrogen-bond acceptors (Lipinski definition) is 6. The topological polar surface area (TPSA) is 124 Å². The molecule has 8 heteroatoms. The molecule has 0 spiro atoms. The average molecular weight is 351 g/mol. The van der Waals surface area contributed by atoms with E-state index in [1.165, 1.54) is 20.0 Å². The van der Waals surface area contributed by atoms with Crippen molar-refractivity contribution in [2.75, 3.05) is 7.11 Å². The first-order valence-corrected chi connectivity index (χ1v) is 8.33. The minimum atomic E-state index is -0.851. The number of urea groups is 1. The Hall–Kier alpha value is -2.64. The number of Topliss-reactive ketones (excluding diaryl/α,β-unsaturated/α-hetero) is 1. The molecule has 0 aromatic carbocycles. The fraction of sp³-hybridized carbons (Fsp3) is 0.529. The fourth-order valence-corrected chi connectivity index (χ4v) is 2.30. The first-order valence-electron chi connectivity index (χ1n) is 8.33. The van der Waals surface area contributed by atoms with Gasteiger partial charge in [0.15, 0.2) is 17.0 Å². The van der Waals surface area contributed by atoms with E-state index in [1.54, 1.807) is 0 Å². The van der Waals surface area contributed by atoms with Crippen LogP contribution in [0.25, 0.3) is 0 Å². The van der Waals surface area contributed by atoms with Crippen LogP contribution in [0.5, 0.6) is 5.95 Å². The summed E-state index contributed by atoms with van der Waals surface area (Å²) in [5.41, 5.74) is 6.23. The normalized spacial score (nSPS) is 10.8. The van der Waals surface area contributed by atoms with Gasteiger partial charge in [0.1, 0.15) is 5.56 Å². The standard InChI is InChI=1S/C17H25N3O5/c1-3-4-5-6-7-8-9-13(21)15-14(22)10-12(25-16(15)24-2)11-19-20-17(18)23/h10-11H,3-9H2,1-2H3,(H3,18,20,23). The van der Waals surface area contributed by atoms with E-state index in [0.29, 0.717) is 0 Å². The number of methoxy groups -OCH3 is 1. The highest BCUT2D eigenvalue weighted by Crippen LogP contribution is 2.19. The molecule has 0 saturated heterocycles. The summed E-state index contributed by atoms with van der Waals surface area (Å²) in [7, 11) is 1.31. The lowest BCUT2D eigenvalue weighted by Gasteiger charge is -2.06. The highest BCUT2D eigenvalue weighted by molar-refractivity contribution is 5.98. The number of nitrogens with zero attached hydrogens (tertiary/aromatic N) is 1. The van der Waals surface area contributed by atoms with Crippen LogP contribution in [-0.4, -0.2) is 25.1 Å². The lowest BCUT2D eigenvalue weighted by Crippen LogP contribution is -2.24. The third-order valence-corrected chi connectivity index (χ3v) is 3.52. The second-order valence-corrected chi connectivity index (χ2v) is 5.55. The number of primary amides is 1. The van der Waals surface area contributed by atoms with Crippen molar-refractivity contribution >= 4 is 18.0 Å². The molecule has 0 fully saturated rings. The molecule has 0 unspecified atom stereocenters. The highest BCUT2D eigenvalue weighted by Gasteiger charge is 2.19. The molecule has 0 aliphatic carbocycles. The van der Waals surface area contributed by atoms with Gasteiger partial charge in [-0.25, -0.2) is 10.2 Å². The van der Waals surface area contributed by atoms with Crippen LogP contribution in [0.2, 0.25) is 0 Å². The molecule has 1 aromatic rings. The Kier molecular flexibility index (Phi) is 8.99. The smallest absolute Gasteiger partial charge is 0.332 e. The summed E-state index contributed by atoms with van der Waals surface area (Å²) in [5, 5.41) is 3.49. The molecule has 0 aliphatic heterocycles. The van der Waals surface area contributed by atoms with Crippen molar-refractivity contribution in [1.82, 2.24) is 5.43 Å². The van der Waals surface area contributed by atoms with Gasteiger partial charge < -0.3 is 14.9 Å². The molecule has 1 rings (SSSR count). The number of rotatable bonds is 11. The minimum Gasteiger partial charge on any atom is -0.468 e. The Bertz CT molecular complexity index is 667. The molecule has 0 aliphatic rings. The van der Waals surface area contributed by atoms with Crippen molar-refractivity contribution in [2.45, 2.75) is 51.9 Å². The zero-order chi connectivity index (χ0) is 18.7. The Morgan fingerprint density at radius 2 is 1.96 bits per heavy atom. The Morgan fingerprint density at radius 1 is 1.28 bits per heavy atom. The van der Waals surface area contributed by atoms with Gasteiger partial charge >= 0.3 is 6.03 Å². The van der Waals surface area contributed by atoms with Crippen LogP contribution in [0.3, 0.4) is 0 Å². The third-order valence-electron chi connectivity index (χ3n) is 3.52. The van der Waals surface area contributed by atoms with Gasteiger partial charge in [-0.2, -0.15) is 5.10 Å². The van der Waals surface area contributed by atoms with Crippen LogP contribution in [-0.2, 0) is 0 Å². The number of carbonyl (C=O) groups excluding carboxylic acids is 2. The number of ether oxygens (including phenoxy) is 1. The summed E-state index contributed by atoms with van der Waals surface area (Å²) in [5.74, 6) is -0.435. The van der Waals surface area contributed by atoms with Crippen molar-refractivity contribution in [1.29, 1.82) is 0 Å². The van der Waals surface area contributed by atoms with Crippen molar-refractivity contribution in [3.8, 4) is 5.95 Å². The van der Waals surface area contributed by atoms with E-state index in [4.69, 9.17) is 14.9 Å². The van der Waals surface area contributed by atoms with Gasteiger partial charge in [0.2, 0.25) is 0 Å². The Labute approximate surface area is 146 Å². The molecule has 0 bridgehead atoms. The summed E-state index contributed by atoms with van der Waals surface area (Å²) in [6.07, 6.45) is 7.62. The number of carbonyl (C=O) groups is 2. The van der Waals surface area contributed by atoms with E-state index < -0.39 is 11.5 Å². The molecule has 138 valence electrons.